The second kappa shape index (κ2) is 9.57. The third-order valence-electron chi connectivity index (χ3n) is 0. The fourth-order valence-electron chi connectivity index (χ4n) is 0. The normalized spacial score (nSPS) is 2.00. The van der Waals surface area contributed by atoms with Crippen molar-refractivity contribution < 1.29 is 0 Å². The fraction of sp³-hybridized carbons (Fsp3) is 0. The van der Waals surface area contributed by atoms with E-state index in [1.807, 2.05) is 4.31 Å². The first-order valence-corrected chi connectivity index (χ1v) is 1.22. The maximum atomic E-state index is 3.96. The van der Waals surface area contributed by atoms with Crippen molar-refractivity contribution >= 4 is 42.2 Å². The van der Waals surface area contributed by atoms with Crippen molar-refractivity contribution in [1.82, 2.24) is 0 Å². The first kappa shape index (κ1) is 8.82. The summed E-state index contributed by atoms with van der Waals surface area (Å²) < 4.78 is 1.92. The molecule has 3 heteroatoms. The van der Waals surface area contributed by atoms with Gasteiger partial charge in [-0.2, -0.15) is 13.5 Å². The molecule has 0 aliphatic heterocycles. The van der Waals surface area contributed by atoms with E-state index in [0.29, 0.717) is 0 Å². The lowest BCUT2D eigenvalue weighted by molar-refractivity contribution is 4.67. The Labute approximate surface area is 42.6 Å². The fourth-order valence-corrected chi connectivity index (χ4v) is 0. The summed E-state index contributed by atoms with van der Waals surface area (Å²) >= 11 is 7.92. The molecular weight excluding hydrogens is 108 g/mol. The van der Waals surface area contributed by atoms with E-state index >= 15 is 0 Å². The van der Waals surface area contributed by atoms with Gasteiger partial charge in [0.25, 0.3) is 0 Å². The molecule has 24 valence electrons. The molecule has 0 atom stereocenters. The quantitative estimate of drug-likeness (QED) is 0.429. The predicted molar refractivity (Wildman–Crippen MR) is 30.6 cm³/mol. The highest BCUT2D eigenvalue weighted by Crippen LogP contribution is 1.29. The smallest absolute Gasteiger partial charge is 0.0297 e. The summed E-state index contributed by atoms with van der Waals surface area (Å²) in [6, 6.07) is 0. The Kier molecular flexibility index (Phi) is 21.1. The van der Waals surface area contributed by atoms with Crippen LogP contribution in [0.3, 0.4) is 0 Å². The molecule has 4 heavy (non-hydrogen) atoms. The van der Waals surface area contributed by atoms with Crippen molar-refractivity contribution in [1.29, 1.82) is 0 Å². The molecule has 0 aliphatic rings. The molecule has 0 radical (unpaired) electrons. The highest BCUT2D eigenvalue weighted by molar-refractivity contribution is 7.93. The molecule has 0 saturated carbocycles. The number of thiocarbonyl (C=S) groups is 2. The SMILES string of the molecule is S.S=C=S. The summed E-state index contributed by atoms with van der Waals surface area (Å²) in [6.45, 7) is 0. The summed E-state index contributed by atoms with van der Waals surface area (Å²) in [7, 11) is 0. The Bertz CT molecular complexity index is 24.3. The average Bonchev–Trinajstić information content (AvgIpc) is 0.918. The molecule has 0 heterocycles. The molecule has 0 spiro atoms. The van der Waals surface area contributed by atoms with Crippen LogP contribution < -0.4 is 0 Å². The summed E-state index contributed by atoms with van der Waals surface area (Å²) in [5.41, 5.74) is 0. The van der Waals surface area contributed by atoms with Gasteiger partial charge in [-0.05, 0) is 24.4 Å². The van der Waals surface area contributed by atoms with E-state index in [1.165, 1.54) is 0 Å². The molecule has 0 N–H and O–H groups in total. The minimum absolute atomic E-state index is 0. The maximum Gasteiger partial charge on any atom is 0.0297 e. The Morgan fingerprint density at radius 1 is 1.25 bits per heavy atom. The molecule has 0 amide bonds. The number of rotatable bonds is 0. The highest BCUT2D eigenvalue weighted by Gasteiger charge is 1.01. The molecule has 0 aromatic rings. The van der Waals surface area contributed by atoms with Crippen molar-refractivity contribution in [2.75, 3.05) is 0 Å². The molecule has 0 aliphatic carbocycles. The van der Waals surface area contributed by atoms with Crippen LogP contribution in [-0.4, -0.2) is 4.31 Å². The molecule has 0 nitrogen and oxygen atoms in total. The first-order valence-electron chi connectivity index (χ1n) is 0.408. The van der Waals surface area contributed by atoms with Crippen molar-refractivity contribution in [2.45, 2.75) is 0 Å². The zero-order valence-electron chi connectivity index (χ0n) is 1.82. The van der Waals surface area contributed by atoms with Crippen molar-refractivity contribution in [2.24, 2.45) is 0 Å². The van der Waals surface area contributed by atoms with Crippen LogP contribution in [-0.2, 0) is 0 Å². The second-order valence-corrected chi connectivity index (χ2v) is 0.750. The van der Waals surface area contributed by atoms with Crippen molar-refractivity contribution in [3.05, 3.63) is 0 Å². The van der Waals surface area contributed by atoms with Gasteiger partial charge in [-0.25, -0.2) is 0 Å². The minimum Gasteiger partial charge on any atom is -0.197 e. The van der Waals surface area contributed by atoms with E-state index in [1.54, 1.807) is 0 Å². The van der Waals surface area contributed by atoms with Gasteiger partial charge in [-0.1, -0.05) is 0 Å². The lowest BCUT2D eigenvalue weighted by Crippen LogP contribution is -0.917. The van der Waals surface area contributed by atoms with E-state index in [4.69, 9.17) is 0 Å². The summed E-state index contributed by atoms with van der Waals surface area (Å²) in [5, 5.41) is 0. The van der Waals surface area contributed by atoms with E-state index in [0.717, 1.165) is 0 Å². The number of hydrogen-bond donors (Lipinski definition) is 0. The van der Waals surface area contributed by atoms with Gasteiger partial charge in [0.15, 0.2) is 0 Å². The van der Waals surface area contributed by atoms with Crippen LogP contribution >= 0.6 is 37.9 Å². The highest BCUT2D eigenvalue weighted by atomic mass is 32.1. The molecule has 0 rings (SSSR count). The first-order chi connectivity index (χ1) is 1.41. The van der Waals surface area contributed by atoms with E-state index in [-0.39, 0.29) is 13.5 Å². The second-order valence-electron chi connectivity index (χ2n) is 0.0833. The van der Waals surface area contributed by atoms with Gasteiger partial charge >= 0.3 is 0 Å². The third kappa shape index (κ3) is 19.5. The largest absolute Gasteiger partial charge is 0.197 e. The van der Waals surface area contributed by atoms with Gasteiger partial charge in [0.2, 0.25) is 0 Å². The predicted octanol–water partition coefficient (Wildman–Crippen LogP) is 1.13. The molecule has 0 bridgehead atoms. The minimum atomic E-state index is 0. The van der Waals surface area contributed by atoms with Gasteiger partial charge in [0.1, 0.15) is 0 Å². The Morgan fingerprint density at radius 2 is 1.25 bits per heavy atom. The third-order valence-corrected chi connectivity index (χ3v) is 0. The Morgan fingerprint density at radius 3 is 1.25 bits per heavy atom. The summed E-state index contributed by atoms with van der Waals surface area (Å²) in [5.74, 6) is 0. The van der Waals surface area contributed by atoms with Gasteiger partial charge in [-0.15, -0.1) is 0 Å². The van der Waals surface area contributed by atoms with E-state index in [2.05, 4.69) is 24.4 Å². The van der Waals surface area contributed by atoms with Crippen LogP contribution in [0.25, 0.3) is 0 Å². The van der Waals surface area contributed by atoms with Crippen molar-refractivity contribution in [3.63, 3.8) is 0 Å². The average molecular weight is 110 g/mol. The standard InChI is InChI=1S/CS2.H2S/c2-1-3;/h;1H2. The van der Waals surface area contributed by atoms with Crippen LogP contribution in [0.2, 0.25) is 0 Å². The van der Waals surface area contributed by atoms with E-state index in [9.17, 15) is 0 Å². The van der Waals surface area contributed by atoms with Crippen LogP contribution in [0.4, 0.5) is 0 Å². The molecule has 0 saturated heterocycles. The lowest BCUT2D eigenvalue weighted by Gasteiger charge is -0.992. The summed E-state index contributed by atoms with van der Waals surface area (Å²) in [6.07, 6.45) is 0. The van der Waals surface area contributed by atoms with E-state index < -0.39 is 0 Å². The van der Waals surface area contributed by atoms with Gasteiger partial charge < -0.3 is 0 Å². The Hall–Kier alpha value is 0.570. The van der Waals surface area contributed by atoms with Crippen molar-refractivity contribution in [3.8, 4) is 0 Å². The zero-order chi connectivity index (χ0) is 2.71. The van der Waals surface area contributed by atoms with Crippen LogP contribution in [0.15, 0.2) is 0 Å². The maximum absolute atomic E-state index is 3.96. The molecule has 0 aromatic heterocycles. The lowest BCUT2D eigenvalue weighted by atomic mass is 12.0. The van der Waals surface area contributed by atoms with Gasteiger partial charge in [0.05, 0.1) is 0 Å². The Balaban J connectivity index is 0. The monoisotopic (exact) mass is 110 g/mol. The molecular formula is CH2S3. The summed E-state index contributed by atoms with van der Waals surface area (Å²) in [4.78, 5) is 0. The van der Waals surface area contributed by atoms with Gasteiger partial charge in [0, 0.05) is 4.31 Å². The molecule has 0 aromatic carbocycles. The molecule has 0 unspecified atom stereocenters. The van der Waals surface area contributed by atoms with Crippen LogP contribution in [0.1, 0.15) is 0 Å². The number of hydrogen-bond acceptors (Lipinski definition) is 2. The topological polar surface area (TPSA) is 0 Å². The van der Waals surface area contributed by atoms with Crippen LogP contribution in [0.5, 0.6) is 0 Å². The molecule has 0 fully saturated rings. The van der Waals surface area contributed by atoms with Gasteiger partial charge in [-0.3, -0.25) is 0 Å². The zero-order valence-corrected chi connectivity index (χ0v) is 4.45. The van der Waals surface area contributed by atoms with Crippen LogP contribution in [0, 0.1) is 0 Å².